The van der Waals surface area contributed by atoms with Gasteiger partial charge in [0, 0.05) is 43.5 Å². The lowest BCUT2D eigenvalue weighted by Crippen LogP contribution is -1.94. The zero-order chi connectivity index (χ0) is 54.8. The van der Waals surface area contributed by atoms with Gasteiger partial charge in [0.2, 0.25) is 0 Å². The first-order valence-electron chi connectivity index (χ1n) is 27.7. The Labute approximate surface area is 442 Å². The minimum absolute atomic E-state index is 0.249. The molecule has 9 aromatic carbocycles. The summed E-state index contributed by atoms with van der Waals surface area (Å²) in [4.78, 5) is 13.8. The van der Waals surface area contributed by atoms with E-state index in [9.17, 15) is 0 Å². The molecule has 0 N–H and O–H groups in total. The van der Waals surface area contributed by atoms with Crippen LogP contribution in [0.5, 0.6) is 0 Å². The first-order chi connectivity index (χ1) is 38.9. The van der Waals surface area contributed by atoms with Crippen LogP contribution in [0.25, 0.3) is 123 Å². The highest BCUT2D eigenvalue weighted by Gasteiger charge is 2.19. The molecule has 12 rings (SSSR count). The third-order valence-electron chi connectivity index (χ3n) is 13.7. The van der Waals surface area contributed by atoms with Gasteiger partial charge in [-0.3, -0.25) is 15.0 Å². The normalized spacial score (nSPS) is 12.6. The third-order valence-corrected chi connectivity index (χ3v) is 13.7. The molecule has 3 nitrogen and oxygen atoms in total. The van der Waals surface area contributed by atoms with Gasteiger partial charge < -0.3 is 0 Å². The molecule has 0 fully saturated rings. The molecule has 0 radical (unpaired) electrons. The van der Waals surface area contributed by atoms with E-state index < -0.39 is 13.7 Å². The van der Waals surface area contributed by atoms with Crippen molar-refractivity contribution >= 4 is 0 Å². The Hall–Kier alpha value is -9.57. The van der Waals surface area contributed by atoms with Crippen molar-refractivity contribution < 1.29 is 8.22 Å². The van der Waals surface area contributed by atoms with Gasteiger partial charge in [0.25, 0.3) is 0 Å². The summed E-state index contributed by atoms with van der Waals surface area (Å²) in [5, 5.41) is 0. The monoisotopic (exact) mass is 951 g/mol. The number of rotatable bonds is 11. The van der Waals surface area contributed by atoms with Gasteiger partial charge in [-0.2, -0.15) is 0 Å². The standard InChI is InChI=1S/C71H51N3/c1-48-37-40-73-70(42-48)55-31-27-52(28-32-55)61-16-6-8-18-63(61)58-44-59(64-19-9-7-17-62(64)53-29-33-56(34-30-53)71-43-49(2)38-41-74-71)46-60(45-58)65-20-10-11-21-66(65)67-36-35-57(69-22-12-13-39-72-69)47-68(67)54-25-23-51(24-26-54)50-14-4-3-5-15-50/h3-47H,1-2H3/i1D3,2D3. The van der Waals surface area contributed by atoms with Gasteiger partial charge in [-0.15, -0.1) is 0 Å². The molecule has 0 saturated heterocycles. The van der Waals surface area contributed by atoms with Gasteiger partial charge >= 0.3 is 0 Å². The average molecular weight is 952 g/mol. The number of benzene rings is 9. The van der Waals surface area contributed by atoms with Crippen LogP contribution >= 0.6 is 0 Å². The number of hydrogen-bond donors (Lipinski definition) is 0. The summed E-state index contributed by atoms with van der Waals surface area (Å²) in [6.45, 7) is -4.49. The Bertz CT molecular complexity index is 4010. The highest BCUT2D eigenvalue weighted by molar-refractivity contribution is 5.97. The molecule has 0 saturated carbocycles. The first kappa shape index (κ1) is 39.1. The second-order valence-corrected chi connectivity index (χ2v) is 18.4. The van der Waals surface area contributed by atoms with Gasteiger partial charge in [0.1, 0.15) is 0 Å². The van der Waals surface area contributed by atoms with Gasteiger partial charge in [0.05, 0.1) is 17.1 Å². The summed E-state index contributed by atoms with van der Waals surface area (Å²) < 4.78 is 48.0. The summed E-state index contributed by atoms with van der Waals surface area (Å²) in [6, 6.07) is 87.1. The van der Waals surface area contributed by atoms with E-state index in [2.05, 4.69) is 192 Å². The molecule has 3 heterocycles. The van der Waals surface area contributed by atoms with Gasteiger partial charge in [0.15, 0.2) is 0 Å². The zero-order valence-electron chi connectivity index (χ0n) is 46.3. The Morgan fingerprint density at radius 1 is 0.216 bits per heavy atom. The SMILES string of the molecule is [2H]C([2H])([2H])c1ccnc(-c2ccc(-c3ccccc3-c3cc(-c4ccccc4-c4ccc(-c5cc(C([2H])([2H])[2H])ccn5)cc4)cc(-c4ccccc4-c4ccc(-c5ccccn5)cc4-c4ccc(-c5ccccc5)cc4)c3)cc2)c1. The zero-order valence-corrected chi connectivity index (χ0v) is 40.3. The fourth-order valence-electron chi connectivity index (χ4n) is 10.0. The minimum atomic E-state index is -2.24. The lowest BCUT2D eigenvalue weighted by atomic mass is 9.84. The molecule has 3 aromatic heterocycles. The number of nitrogens with zero attached hydrogens (tertiary/aromatic N) is 3. The molecule has 0 unspecified atom stereocenters. The molecule has 0 amide bonds. The highest BCUT2D eigenvalue weighted by atomic mass is 14.7. The van der Waals surface area contributed by atoms with Crippen LogP contribution in [0.15, 0.2) is 273 Å². The Kier molecular flexibility index (Phi) is 10.7. The topological polar surface area (TPSA) is 38.7 Å². The number of aryl methyl sites for hydroxylation is 2. The van der Waals surface area contributed by atoms with E-state index in [0.717, 1.165) is 111 Å². The van der Waals surface area contributed by atoms with Crippen LogP contribution in [0, 0.1) is 13.7 Å². The Morgan fingerprint density at radius 3 is 1.07 bits per heavy atom. The molecular formula is C71H51N3. The van der Waals surface area contributed by atoms with Crippen LogP contribution in [-0.4, -0.2) is 15.0 Å². The molecule has 0 aliphatic rings. The molecule has 74 heavy (non-hydrogen) atoms. The fourth-order valence-corrected chi connectivity index (χ4v) is 10.0. The van der Waals surface area contributed by atoms with Crippen molar-refractivity contribution in [2.24, 2.45) is 0 Å². The van der Waals surface area contributed by atoms with E-state index in [4.69, 9.17) is 13.2 Å². The maximum absolute atomic E-state index is 7.99. The molecule has 0 bridgehead atoms. The van der Waals surface area contributed by atoms with Crippen LogP contribution in [0.1, 0.15) is 19.4 Å². The van der Waals surface area contributed by atoms with E-state index in [1.807, 2.05) is 54.7 Å². The Morgan fingerprint density at radius 2 is 0.581 bits per heavy atom. The van der Waals surface area contributed by atoms with E-state index in [1.165, 1.54) is 0 Å². The van der Waals surface area contributed by atoms with Crippen molar-refractivity contribution in [1.82, 2.24) is 15.0 Å². The average Bonchev–Trinajstić information content (AvgIpc) is 3.51. The molecule has 0 aliphatic heterocycles. The molecule has 0 atom stereocenters. The smallest absolute Gasteiger partial charge is 0.0704 e. The number of aromatic nitrogens is 3. The summed E-state index contributed by atoms with van der Waals surface area (Å²) in [5.41, 5.74) is 22.2. The van der Waals surface area contributed by atoms with E-state index >= 15 is 0 Å². The number of hydrogen-bond acceptors (Lipinski definition) is 3. The Balaban J connectivity index is 1.02. The van der Waals surface area contributed by atoms with E-state index in [0.29, 0.717) is 11.4 Å². The third kappa shape index (κ3) is 9.39. The molecule has 0 spiro atoms. The maximum atomic E-state index is 7.99. The fraction of sp³-hybridized carbons (Fsp3) is 0.0282. The van der Waals surface area contributed by atoms with Crippen molar-refractivity contribution in [3.05, 3.63) is 285 Å². The van der Waals surface area contributed by atoms with Crippen molar-refractivity contribution in [1.29, 1.82) is 0 Å². The molecule has 3 heteroatoms. The summed E-state index contributed by atoms with van der Waals surface area (Å²) in [6.07, 6.45) is 4.94. The largest absolute Gasteiger partial charge is 0.256 e. The lowest BCUT2D eigenvalue weighted by Gasteiger charge is -2.19. The molecule has 12 aromatic rings. The quantitative estimate of drug-likeness (QED) is 0.130. The van der Waals surface area contributed by atoms with Gasteiger partial charge in [-0.25, -0.2) is 0 Å². The minimum Gasteiger partial charge on any atom is -0.256 e. The van der Waals surface area contributed by atoms with Crippen LogP contribution in [0.4, 0.5) is 0 Å². The molecular weight excluding hydrogens is 895 g/mol. The lowest BCUT2D eigenvalue weighted by molar-refractivity contribution is 1.29. The van der Waals surface area contributed by atoms with Crippen molar-refractivity contribution in [3.63, 3.8) is 0 Å². The second-order valence-electron chi connectivity index (χ2n) is 18.4. The van der Waals surface area contributed by atoms with Gasteiger partial charge in [-0.05, 0) is 175 Å². The summed E-state index contributed by atoms with van der Waals surface area (Å²) in [5.74, 6) is 0. The maximum Gasteiger partial charge on any atom is 0.0704 e. The van der Waals surface area contributed by atoms with E-state index in [-0.39, 0.29) is 11.1 Å². The predicted molar refractivity (Wildman–Crippen MR) is 309 cm³/mol. The summed E-state index contributed by atoms with van der Waals surface area (Å²) >= 11 is 0. The van der Waals surface area contributed by atoms with Crippen LogP contribution in [0.3, 0.4) is 0 Å². The van der Waals surface area contributed by atoms with Crippen molar-refractivity contribution in [3.8, 4) is 123 Å². The summed E-state index contributed by atoms with van der Waals surface area (Å²) in [7, 11) is 0. The predicted octanol–water partition coefficient (Wildman–Crippen LogP) is 18.8. The van der Waals surface area contributed by atoms with Crippen molar-refractivity contribution in [2.75, 3.05) is 0 Å². The first-order valence-corrected chi connectivity index (χ1v) is 24.7. The van der Waals surface area contributed by atoms with Crippen molar-refractivity contribution in [2.45, 2.75) is 13.7 Å². The highest BCUT2D eigenvalue weighted by Crippen LogP contribution is 2.45. The van der Waals surface area contributed by atoms with Gasteiger partial charge in [-0.1, -0.05) is 194 Å². The van der Waals surface area contributed by atoms with E-state index in [1.54, 1.807) is 36.7 Å². The number of pyridine rings is 3. The van der Waals surface area contributed by atoms with Crippen LogP contribution < -0.4 is 0 Å². The van der Waals surface area contributed by atoms with Crippen LogP contribution in [-0.2, 0) is 0 Å². The molecule has 350 valence electrons. The van der Waals surface area contributed by atoms with Crippen LogP contribution in [0.2, 0.25) is 0 Å². The molecule has 0 aliphatic carbocycles. The second kappa shape index (κ2) is 20.3.